The van der Waals surface area contributed by atoms with Crippen LogP contribution in [-0.4, -0.2) is 80.2 Å². The Hall–Kier alpha value is -4.16. The molecule has 3 aliphatic rings. The summed E-state index contributed by atoms with van der Waals surface area (Å²) in [5.41, 5.74) is -1.98. The van der Waals surface area contributed by atoms with Gasteiger partial charge in [-0.3, -0.25) is 14.9 Å². The fourth-order valence-corrected chi connectivity index (χ4v) is 6.03. The van der Waals surface area contributed by atoms with E-state index in [2.05, 4.69) is 5.32 Å². The third kappa shape index (κ3) is 6.76. The van der Waals surface area contributed by atoms with E-state index in [4.69, 9.17) is 14.2 Å². The normalized spacial score (nSPS) is 22.1. The number of ether oxygens (including phenoxy) is 3. The minimum Gasteiger partial charge on any atom is -0.444 e. The zero-order chi connectivity index (χ0) is 33.9. The lowest BCUT2D eigenvalue weighted by Gasteiger charge is -2.40. The first-order valence-corrected chi connectivity index (χ1v) is 15.1. The van der Waals surface area contributed by atoms with Crippen molar-refractivity contribution in [3.8, 4) is 0 Å². The van der Waals surface area contributed by atoms with Crippen LogP contribution in [0.5, 0.6) is 0 Å². The lowest BCUT2D eigenvalue weighted by atomic mass is 9.72. The zero-order valence-electron chi connectivity index (χ0n) is 27.8. The van der Waals surface area contributed by atoms with Crippen molar-refractivity contribution in [2.45, 2.75) is 123 Å². The molecule has 1 saturated carbocycles. The SMILES string of the molecule is CN1Cc2c(C3CCC4(CC3)C(=O)N(C(=O)OC(C)(C)C)C(=O)N4C(=O)OC(C)(C)C)ccc(NC(=O)OC(C)(C)C)c2C1=O. The first-order valence-electron chi connectivity index (χ1n) is 15.1. The summed E-state index contributed by atoms with van der Waals surface area (Å²) >= 11 is 0. The molecule has 0 unspecified atom stereocenters. The number of carbonyl (C=O) groups is 6. The number of rotatable bonds is 2. The summed E-state index contributed by atoms with van der Waals surface area (Å²) in [4.78, 5) is 82.4. The number of carbonyl (C=O) groups excluding carboxylic acids is 6. The smallest absolute Gasteiger partial charge is 0.425 e. The van der Waals surface area contributed by atoms with Gasteiger partial charge in [-0.05, 0) is 111 Å². The van der Waals surface area contributed by atoms with Crippen LogP contribution >= 0.6 is 0 Å². The molecule has 2 heterocycles. The van der Waals surface area contributed by atoms with Gasteiger partial charge in [0.05, 0.1) is 11.3 Å². The highest BCUT2D eigenvalue weighted by molar-refractivity contribution is 6.20. The van der Waals surface area contributed by atoms with E-state index in [9.17, 15) is 28.8 Å². The zero-order valence-corrected chi connectivity index (χ0v) is 27.8. The molecule has 45 heavy (non-hydrogen) atoms. The van der Waals surface area contributed by atoms with Crippen LogP contribution < -0.4 is 5.32 Å². The molecular formula is C32H44N4O9. The number of anilines is 1. The van der Waals surface area contributed by atoms with Gasteiger partial charge >= 0.3 is 24.3 Å². The monoisotopic (exact) mass is 628 g/mol. The van der Waals surface area contributed by atoms with Gasteiger partial charge in [-0.1, -0.05) is 6.07 Å². The average Bonchev–Trinajstić information content (AvgIpc) is 3.26. The summed E-state index contributed by atoms with van der Waals surface area (Å²) in [6, 6.07) is 2.41. The Kier molecular flexibility index (Phi) is 8.49. The number of hydrogen-bond donors (Lipinski definition) is 1. The summed E-state index contributed by atoms with van der Waals surface area (Å²) in [6.45, 7) is 15.3. The number of fused-ring (bicyclic) bond motifs is 1. The number of nitrogens with zero attached hydrogens (tertiary/aromatic N) is 3. The fourth-order valence-electron chi connectivity index (χ4n) is 6.03. The van der Waals surface area contributed by atoms with E-state index < -0.39 is 52.6 Å². The van der Waals surface area contributed by atoms with Crippen molar-refractivity contribution < 1.29 is 43.0 Å². The molecule has 1 aromatic rings. The molecule has 246 valence electrons. The van der Waals surface area contributed by atoms with Crippen molar-refractivity contribution in [2.75, 3.05) is 12.4 Å². The number of benzene rings is 1. The summed E-state index contributed by atoms with van der Waals surface area (Å²) < 4.78 is 16.2. The van der Waals surface area contributed by atoms with Crippen LogP contribution in [0, 0.1) is 0 Å². The Morgan fingerprint density at radius 2 is 1.36 bits per heavy atom. The predicted molar refractivity (Wildman–Crippen MR) is 163 cm³/mol. The minimum atomic E-state index is -1.64. The van der Waals surface area contributed by atoms with Crippen molar-refractivity contribution in [2.24, 2.45) is 0 Å². The highest BCUT2D eigenvalue weighted by Gasteiger charge is 2.64. The lowest BCUT2D eigenvalue weighted by Crippen LogP contribution is -2.55. The van der Waals surface area contributed by atoms with Crippen molar-refractivity contribution in [3.05, 3.63) is 28.8 Å². The van der Waals surface area contributed by atoms with Gasteiger partial charge in [0.2, 0.25) is 0 Å². The van der Waals surface area contributed by atoms with Gasteiger partial charge in [-0.2, -0.15) is 4.90 Å². The Balaban J connectivity index is 1.65. The van der Waals surface area contributed by atoms with Crippen LogP contribution in [0.15, 0.2) is 12.1 Å². The van der Waals surface area contributed by atoms with E-state index in [0.29, 0.717) is 35.5 Å². The van der Waals surface area contributed by atoms with Crippen LogP contribution in [-0.2, 0) is 25.5 Å². The van der Waals surface area contributed by atoms with Crippen molar-refractivity contribution in [1.82, 2.24) is 14.7 Å². The topological polar surface area (TPSA) is 152 Å². The maximum atomic E-state index is 13.9. The van der Waals surface area contributed by atoms with Crippen molar-refractivity contribution >= 4 is 41.8 Å². The molecule has 1 aromatic carbocycles. The van der Waals surface area contributed by atoms with Crippen LogP contribution in [0.3, 0.4) is 0 Å². The Morgan fingerprint density at radius 1 is 0.822 bits per heavy atom. The van der Waals surface area contributed by atoms with Gasteiger partial charge in [0.1, 0.15) is 22.3 Å². The summed E-state index contributed by atoms with van der Waals surface area (Å²) in [7, 11) is 1.67. The lowest BCUT2D eigenvalue weighted by molar-refractivity contribution is -0.134. The molecule has 0 atom stereocenters. The van der Waals surface area contributed by atoms with Crippen LogP contribution in [0.1, 0.15) is 115 Å². The van der Waals surface area contributed by atoms with Crippen molar-refractivity contribution in [1.29, 1.82) is 0 Å². The molecule has 0 bridgehead atoms. The van der Waals surface area contributed by atoms with E-state index in [-0.39, 0.29) is 24.7 Å². The van der Waals surface area contributed by atoms with Crippen LogP contribution in [0.25, 0.3) is 0 Å². The van der Waals surface area contributed by atoms with Gasteiger partial charge in [-0.25, -0.2) is 24.1 Å². The van der Waals surface area contributed by atoms with Crippen molar-refractivity contribution in [3.63, 3.8) is 0 Å². The second kappa shape index (κ2) is 11.3. The maximum Gasteiger partial charge on any atom is 0.425 e. The predicted octanol–water partition coefficient (Wildman–Crippen LogP) is 6.15. The van der Waals surface area contributed by atoms with E-state index in [1.54, 1.807) is 80.3 Å². The first kappa shape index (κ1) is 33.7. The van der Waals surface area contributed by atoms with Crippen LogP contribution in [0.2, 0.25) is 0 Å². The number of imide groups is 4. The molecule has 0 radical (unpaired) electrons. The minimum absolute atomic E-state index is 0.0667. The first-order chi connectivity index (χ1) is 20.5. The van der Waals surface area contributed by atoms with E-state index >= 15 is 0 Å². The largest absolute Gasteiger partial charge is 0.444 e. The molecule has 2 aliphatic heterocycles. The molecule has 7 amide bonds. The highest BCUT2D eigenvalue weighted by atomic mass is 16.6. The third-order valence-electron chi connectivity index (χ3n) is 7.76. The fraction of sp³-hybridized carbons (Fsp3) is 0.625. The number of nitrogens with one attached hydrogen (secondary N) is 1. The van der Waals surface area contributed by atoms with Gasteiger partial charge < -0.3 is 19.1 Å². The maximum absolute atomic E-state index is 13.9. The molecule has 13 heteroatoms. The number of urea groups is 1. The third-order valence-corrected chi connectivity index (χ3v) is 7.76. The summed E-state index contributed by atoms with van der Waals surface area (Å²) in [6.07, 6.45) is -1.99. The Morgan fingerprint density at radius 3 is 1.89 bits per heavy atom. The van der Waals surface area contributed by atoms with Gasteiger partial charge in [0.15, 0.2) is 0 Å². The number of amides is 7. The van der Waals surface area contributed by atoms with Gasteiger partial charge in [0, 0.05) is 13.6 Å². The quantitative estimate of drug-likeness (QED) is 0.300. The van der Waals surface area contributed by atoms with E-state index in [1.807, 2.05) is 6.07 Å². The number of hydrogen-bond acceptors (Lipinski definition) is 9. The highest BCUT2D eigenvalue weighted by Crippen LogP contribution is 2.48. The molecular weight excluding hydrogens is 584 g/mol. The second-order valence-electron chi connectivity index (χ2n) is 14.9. The Bertz CT molecular complexity index is 1440. The molecule has 13 nitrogen and oxygen atoms in total. The van der Waals surface area contributed by atoms with Gasteiger partial charge in [0.25, 0.3) is 11.8 Å². The molecule has 1 spiro atoms. The molecule has 1 saturated heterocycles. The molecule has 1 N–H and O–H groups in total. The summed E-state index contributed by atoms with van der Waals surface area (Å²) in [5.74, 6) is -1.22. The standard InChI is InChI=1S/C32H44N4O9/c1-29(2,3)43-25(39)33-21-12-11-19(20-17-34(10)23(37)22(20)21)18-13-15-32(16-14-18)24(38)35(27(41)44-30(4,5)6)26(40)36(32)28(42)45-31(7,8)9/h11-12,18H,13-17H2,1-10H3,(H,33,39). The molecule has 1 aliphatic carbocycles. The summed E-state index contributed by atoms with van der Waals surface area (Å²) in [5, 5.41) is 2.70. The second-order valence-corrected chi connectivity index (χ2v) is 14.9. The van der Waals surface area contributed by atoms with E-state index in [1.165, 1.54) is 0 Å². The molecule has 4 rings (SSSR count). The molecule has 0 aromatic heterocycles. The van der Waals surface area contributed by atoms with Gasteiger partial charge in [-0.15, -0.1) is 0 Å². The molecule has 2 fully saturated rings. The Labute approximate surface area is 263 Å². The average molecular weight is 629 g/mol. The van der Waals surface area contributed by atoms with E-state index in [0.717, 1.165) is 16.0 Å². The van der Waals surface area contributed by atoms with Crippen LogP contribution in [0.4, 0.5) is 24.9 Å².